The predicted octanol–water partition coefficient (Wildman–Crippen LogP) is 4.08. The minimum Gasteiger partial charge on any atom is -0.339 e. The number of nitrogens with one attached hydrogen (secondary N) is 1. The van der Waals surface area contributed by atoms with Gasteiger partial charge in [0.1, 0.15) is 11.5 Å². The minimum absolute atomic E-state index is 0.567. The van der Waals surface area contributed by atoms with E-state index in [4.69, 9.17) is 9.97 Å². The highest BCUT2D eigenvalue weighted by Gasteiger charge is 2.14. The van der Waals surface area contributed by atoms with Crippen molar-refractivity contribution in [1.82, 2.24) is 24.3 Å². The summed E-state index contributed by atoms with van der Waals surface area (Å²) in [5.41, 5.74) is 5.14. The fourth-order valence-electron chi connectivity index (χ4n) is 3.11. The molecule has 0 saturated carbocycles. The van der Waals surface area contributed by atoms with Crippen LogP contribution in [0.4, 0.5) is 11.5 Å². The Morgan fingerprint density at radius 1 is 1.04 bits per heavy atom. The van der Waals surface area contributed by atoms with Gasteiger partial charge in [0.25, 0.3) is 5.95 Å². The van der Waals surface area contributed by atoms with Crippen molar-refractivity contribution in [3.63, 3.8) is 0 Å². The molecule has 6 nitrogen and oxygen atoms in total. The third-order valence-electron chi connectivity index (χ3n) is 4.54. The molecule has 1 N–H and O–H groups in total. The third kappa shape index (κ3) is 2.83. The summed E-state index contributed by atoms with van der Waals surface area (Å²) >= 11 is 0. The van der Waals surface area contributed by atoms with E-state index in [2.05, 4.69) is 41.6 Å². The van der Waals surface area contributed by atoms with Gasteiger partial charge in [0, 0.05) is 24.6 Å². The van der Waals surface area contributed by atoms with Crippen LogP contribution in [0.15, 0.2) is 42.6 Å². The first-order chi connectivity index (χ1) is 12.5. The molecular weight excluding hydrogens is 324 g/mol. The smallest absolute Gasteiger partial charge is 0.254 e. The average Bonchev–Trinajstić information content (AvgIpc) is 3.18. The van der Waals surface area contributed by atoms with Crippen LogP contribution in [0, 0.1) is 13.8 Å². The van der Waals surface area contributed by atoms with Gasteiger partial charge >= 0.3 is 0 Å². The number of fused-ring (bicyclic) bond motifs is 1. The second-order valence-corrected chi connectivity index (χ2v) is 6.55. The lowest BCUT2D eigenvalue weighted by molar-refractivity contribution is 0.776. The highest BCUT2D eigenvalue weighted by atomic mass is 15.4. The molecule has 0 radical (unpaired) electrons. The number of hydrogen-bond acceptors (Lipinski definition) is 4. The zero-order valence-corrected chi connectivity index (χ0v) is 15.5. The van der Waals surface area contributed by atoms with Crippen molar-refractivity contribution in [1.29, 1.82) is 0 Å². The number of anilines is 2. The van der Waals surface area contributed by atoms with Crippen molar-refractivity contribution in [3.8, 4) is 5.95 Å². The molecule has 132 valence electrons. The molecule has 0 fully saturated rings. The first kappa shape index (κ1) is 16.3. The van der Waals surface area contributed by atoms with Gasteiger partial charge in [-0.15, -0.1) is 0 Å². The van der Waals surface area contributed by atoms with E-state index in [0.29, 0.717) is 5.95 Å². The lowest BCUT2D eigenvalue weighted by Gasteiger charge is -2.11. The van der Waals surface area contributed by atoms with E-state index in [1.54, 1.807) is 4.68 Å². The second-order valence-electron chi connectivity index (χ2n) is 6.55. The molecule has 0 aliphatic rings. The van der Waals surface area contributed by atoms with Crippen molar-refractivity contribution in [2.45, 2.75) is 27.2 Å². The normalized spacial score (nSPS) is 11.2. The number of aryl methyl sites for hydroxylation is 4. The summed E-state index contributed by atoms with van der Waals surface area (Å²) in [7, 11) is 1.99. The Kier molecular flexibility index (Phi) is 3.95. The zero-order chi connectivity index (χ0) is 18.3. The molecule has 3 heterocycles. The van der Waals surface area contributed by atoms with Gasteiger partial charge in [-0.05, 0) is 50.1 Å². The van der Waals surface area contributed by atoms with E-state index < -0.39 is 0 Å². The van der Waals surface area contributed by atoms with Gasteiger partial charge in [0.05, 0.1) is 11.1 Å². The molecule has 1 aromatic carbocycles. The summed E-state index contributed by atoms with van der Waals surface area (Å²) in [5, 5.41) is 8.95. The van der Waals surface area contributed by atoms with E-state index in [9.17, 15) is 0 Å². The maximum atomic E-state index is 4.76. The summed E-state index contributed by atoms with van der Waals surface area (Å²) in [5.74, 6) is 1.35. The van der Waals surface area contributed by atoms with Crippen LogP contribution in [0.2, 0.25) is 0 Å². The maximum Gasteiger partial charge on any atom is 0.254 e. The fraction of sp³-hybridized carbons (Fsp3) is 0.250. The van der Waals surface area contributed by atoms with Crippen LogP contribution in [0.5, 0.6) is 0 Å². The van der Waals surface area contributed by atoms with Crippen LogP contribution in [0.25, 0.3) is 17.0 Å². The molecule has 3 aromatic heterocycles. The van der Waals surface area contributed by atoms with Crippen molar-refractivity contribution in [2.24, 2.45) is 7.05 Å². The van der Waals surface area contributed by atoms with Gasteiger partial charge in [-0.25, -0.2) is 4.68 Å². The van der Waals surface area contributed by atoms with Gasteiger partial charge in [-0.1, -0.05) is 19.1 Å². The Hall–Kier alpha value is -3.15. The summed E-state index contributed by atoms with van der Waals surface area (Å²) in [6.07, 6.45) is 3.02. The van der Waals surface area contributed by atoms with Crippen LogP contribution in [0.1, 0.15) is 23.9 Å². The van der Waals surface area contributed by atoms with Gasteiger partial charge < -0.3 is 9.88 Å². The Morgan fingerprint density at radius 2 is 1.81 bits per heavy atom. The van der Waals surface area contributed by atoms with Gasteiger partial charge in [-0.3, -0.25) is 0 Å². The molecule has 4 aromatic rings. The lowest BCUT2D eigenvalue weighted by Crippen LogP contribution is -2.08. The Labute approximate surface area is 152 Å². The molecule has 0 aliphatic carbocycles. The van der Waals surface area contributed by atoms with Crippen LogP contribution in [-0.4, -0.2) is 24.3 Å². The molecule has 6 heteroatoms. The van der Waals surface area contributed by atoms with Crippen LogP contribution in [0.3, 0.4) is 0 Å². The monoisotopic (exact) mass is 346 g/mol. The topological polar surface area (TPSA) is 60.6 Å². The summed E-state index contributed by atoms with van der Waals surface area (Å²) in [4.78, 5) is 9.48. The van der Waals surface area contributed by atoms with Crippen LogP contribution in [-0.2, 0) is 13.5 Å². The summed E-state index contributed by atoms with van der Waals surface area (Å²) in [6, 6.07) is 12.5. The largest absolute Gasteiger partial charge is 0.339 e. The van der Waals surface area contributed by atoms with Gasteiger partial charge in [0.2, 0.25) is 0 Å². The van der Waals surface area contributed by atoms with Crippen molar-refractivity contribution in [3.05, 3.63) is 59.5 Å². The van der Waals surface area contributed by atoms with Crippen molar-refractivity contribution in [2.75, 3.05) is 5.32 Å². The number of hydrogen-bond donors (Lipinski definition) is 1. The molecule has 26 heavy (non-hydrogen) atoms. The quantitative estimate of drug-likeness (QED) is 0.605. The predicted molar refractivity (Wildman–Crippen MR) is 104 cm³/mol. The van der Waals surface area contributed by atoms with E-state index in [1.807, 2.05) is 43.8 Å². The van der Waals surface area contributed by atoms with E-state index in [1.165, 1.54) is 5.56 Å². The van der Waals surface area contributed by atoms with Crippen molar-refractivity contribution >= 4 is 22.5 Å². The second kappa shape index (κ2) is 6.29. The molecule has 0 bridgehead atoms. The number of benzene rings is 1. The Morgan fingerprint density at radius 3 is 2.46 bits per heavy atom. The molecule has 0 atom stereocenters. The van der Waals surface area contributed by atoms with E-state index >= 15 is 0 Å². The number of aromatic nitrogens is 5. The van der Waals surface area contributed by atoms with E-state index in [0.717, 1.165) is 40.3 Å². The van der Waals surface area contributed by atoms with Crippen LogP contribution >= 0.6 is 0 Å². The van der Waals surface area contributed by atoms with E-state index in [-0.39, 0.29) is 0 Å². The Bertz CT molecular complexity index is 1070. The zero-order valence-electron chi connectivity index (χ0n) is 15.5. The molecule has 0 unspecified atom stereocenters. The van der Waals surface area contributed by atoms with Crippen molar-refractivity contribution < 1.29 is 0 Å². The lowest BCUT2D eigenvalue weighted by atomic mass is 10.1. The SMILES string of the molecule is CCc1ccc(Nc2nc(-n3nc(C)cc3C)nc3c2ccn3C)cc1. The fourth-order valence-corrected chi connectivity index (χ4v) is 3.11. The average molecular weight is 346 g/mol. The van der Waals surface area contributed by atoms with Crippen LogP contribution < -0.4 is 5.32 Å². The number of rotatable bonds is 4. The molecule has 0 aliphatic heterocycles. The number of nitrogens with zero attached hydrogens (tertiary/aromatic N) is 5. The first-order valence-corrected chi connectivity index (χ1v) is 8.78. The Balaban J connectivity index is 1.83. The minimum atomic E-state index is 0.567. The maximum absolute atomic E-state index is 4.76. The highest BCUT2D eigenvalue weighted by molar-refractivity contribution is 5.90. The highest BCUT2D eigenvalue weighted by Crippen LogP contribution is 2.26. The third-order valence-corrected chi connectivity index (χ3v) is 4.54. The molecular formula is C20H22N6. The van der Waals surface area contributed by atoms with Gasteiger partial charge in [0.15, 0.2) is 0 Å². The standard InChI is InChI=1S/C20H22N6/c1-5-15-6-8-16(9-7-15)21-18-17-10-11-25(4)19(17)23-20(22-18)26-14(3)12-13(2)24-26/h6-12H,5H2,1-4H3,(H,21,22,23). The summed E-state index contributed by atoms with van der Waals surface area (Å²) in [6.45, 7) is 6.13. The molecule has 4 rings (SSSR count). The molecule has 0 spiro atoms. The summed E-state index contributed by atoms with van der Waals surface area (Å²) < 4.78 is 3.78. The van der Waals surface area contributed by atoms with Gasteiger partial charge in [-0.2, -0.15) is 15.1 Å². The first-order valence-electron chi connectivity index (χ1n) is 8.78. The molecule has 0 amide bonds. The molecule has 0 saturated heterocycles.